The molecule has 0 bridgehead atoms. The normalized spacial score (nSPS) is 9.08. The number of aryl methyl sites for hydroxylation is 3. The average Bonchev–Trinajstić information content (AvgIpc) is 2.35. The predicted molar refractivity (Wildman–Crippen MR) is 56.9 cm³/mol. The van der Waals surface area contributed by atoms with Gasteiger partial charge in [-0.25, -0.2) is 4.98 Å². The Morgan fingerprint density at radius 2 is 2.08 bits per heavy atom. The Labute approximate surface area is 80.4 Å². The Hall–Kier alpha value is -0.440. The molecule has 3 heteroatoms. The van der Waals surface area contributed by atoms with Crippen LogP contribution in [-0.4, -0.2) is 15.3 Å². The number of aromatic nitrogens is 2. The molecule has 0 amide bonds. The van der Waals surface area contributed by atoms with E-state index in [0.29, 0.717) is 0 Å². The minimum Gasteiger partial charge on any atom is -0.338 e. The number of rotatable bonds is 2. The van der Waals surface area contributed by atoms with E-state index in [9.17, 15) is 0 Å². The van der Waals surface area contributed by atoms with Crippen molar-refractivity contribution in [2.24, 2.45) is 7.05 Å². The summed E-state index contributed by atoms with van der Waals surface area (Å²) in [6.45, 7) is 6.00. The van der Waals surface area contributed by atoms with Gasteiger partial charge in [-0.1, -0.05) is 13.8 Å². The van der Waals surface area contributed by atoms with Crippen LogP contribution in [0.3, 0.4) is 0 Å². The topological polar surface area (TPSA) is 17.8 Å². The molecule has 1 rings (SSSR count). The first-order chi connectivity index (χ1) is 5.74. The molecule has 1 aromatic rings. The van der Waals surface area contributed by atoms with Crippen LogP contribution >= 0.6 is 12.6 Å². The molecule has 0 saturated carbocycles. The van der Waals surface area contributed by atoms with Crippen molar-refractivity contribution in [2.75, 3.05) is 5.75 Å². The van der Waals surface area contributed by atoms with E-state index in [2.05, 4.69) is 17.6 Å². The molecule has 0 unspecified atom stereocenters. The standard InChI is InChI=1S/C7H12N2S.C2H6/c1-6-5-9(2)7(8-6)3-4-10;1-2/h5,10H,3-4H2,1-2H3;1-2H3. The van der Waals surface area contributed by atoms with Gasteiger partial charge in [-0.2, -0.15) is 12.6 Å². The van der Waals surface area contributed by atoms with Gasteiger partial charge in [0.15, 0.2) is 0 Å². The summed E-state index contributed by atoms with van der Waals surface area (Å²) in [5.41, 5.74) is 1.08. The van der Waals surface area contributed by atoms with Gasteiger partial charge < -0.3 is 4.57 Å². The second-order valence-electron chi connectivity index (χ2n) is 2.38. The summed E-state index contributed by atoms with van der Waals surface area (Å²) in [5.74, 6) is 1.98. The summed E-state index contributed by atoms with van der Waals surface area (Å²) in [5, 5.41) is 0. The Morgan fingerprint density at radius 1 is 1.50 bits per heavy atom. The highest BCUT2D eigenvalue weighted by molar-refractivity contribution is 7.80. The van der Waals surface area contributed by atoms with Crippen LogP contribution in [0.2, 0.25) is 0 Å². The predicted octanol–water partition coefficient (Wildman–Crippen LogP) is 2.23. The van der Waals surface area contributed by atoms with Crippen LogP contribution in [0.15, 0.2) is 6.20 Å². The lowest BCUT2D eigenvalue weighted by atomic mass is 10.4. The average molecular weight is 186 g/mol. The van der Waals surface area contributed by atoms with Crippen molar-refractivity contribution in [3.8, 4) is 0 Å². The Bertz CT molecular complexity index is 218. The zero-order valence-electron chi connectivity index (χ0n) is 8.33. The first-order valence-electron chi connectivity index (χ1n) is 4.33. The highest BCUT2D eigenvalue weighted by Crippen LogP contribution is 2.00. The fourth-order valence-electron chi connectivity index (χ4n) is 0.998. The Kier molecular flexibility index (Phi) is 5.89. The van der Waals surface area contributed by atoms with Gasteiger partial charge in [-0.05, 0) is 12.7 Å². The summed E-state index contributed by atoms with van der Waals surface area (Å²) in [7, 11) is 2.01. The van der Waals surface area contributed by atoms with Crippen LogP contribution in [0.25, 0.3) is 0 Å². The smallest absolute Gasteiger partial charge is 0.109 e. The molecular weight excluding hydrogens is 168 g/mol. The zero-order chi connectivity index (χ0) is 9.56. The molecular formula is C9H18N2S. The van der Waals surface area contributed by atoms with Crippen LogP contribution in [0, 0.1) is 6.92 Å². The van der Waals surface area contributed by atoms with Crippen LogP contribution in [0.1, 0.15) is 25.4 Å². The summed E-state index contributed by atoms with van der Waals surface area (Å²) in [4.78, 5) is 4.31. The van der Waals surface area contributed by atoms with Crippen molar-refractivity contribution < 1.29 is 0 Å². The van der Waals surface area contributed by atoms with Gasteiger partial charge in [0.2, 0.25) is 0 Å². The van der Waals surface area contributed by atoms with Gasteiger partial charge in [0, 0.05) is 19.7 Å². The van der Waals surface area contributed by atoms with Crippen molar-refractivity contribution in [3.63, 3.8) is 0 Å². The largest absolute Gasteiger partial charge is 0.338 e. The lowest BCUT2D eigenvalue weighted by Gasteiger charge is -1.95. The summed E-state index contributed by atoms with van der Waals surface area (Å²) in [6.07, 6.45) is 2.98. The second kappa shape index (κ2) is 6.12. The molecule has 0 aliphatic heterocycles. The van der Waals surface area contributed by atoms with E-state index >= 15 is 0 Å². The Morgan fingerprint density at radius 3 is 2.42 bits per heavy atom. The molecule has 0 aromatic carbocycles. The van der Waals surface area contributed by atoms with Crippen molar-refractivity contribution in [1.29, 1.82) is 0 Å². The molecule has 1 heterocycles. The number of thiol groups is 1. The van der Waals surface area contributed by atoms with E-state index in [1.807, 2.05) is 38.6 Å². The SMILES string of the molecule is CC.Cc1cn(C)c(CCS)n1. The number of hydrogen-bond donors (Lipinski definition) is 1. The third-order valence-electron chi connectivity index (χ3n) is 1.43. The van der Waals surface area contributed by atoms with Crippen LogP contribution in [0.5, 0.6) is 0 Å². The highest BCUT2D eigenvalue weighted by atomic mass is 32.1. The molecule has 12 heavy (non-hydrogen) atoms. The van der Waals surface area contributed by atoms with Crippen LogP contribution in [-0.2, 0) is 13.5 Å². The van der Waals surface area contributed by atoms with E-state index in [-0.39, 0.29) is 0 Å². The molecule has 2 nitrogen and oxygen atoms in total. The molecule has 0 atom stereocenters. The summed E-state index contributed by atoms with van der Waals surface area (Å²) in [6, 6.07) is 0. The van der Waals surface area contributed by atoms with E-state index in [1.54, 1.807) is 0 Å². The minimum atomic E-state index is 0.865. The maximum absolute atomic E-state index is 4.31. The van der Waals surface area contributed by atoms with E-state index in [0.717, 1.165) is 23.7 Å². The molecule has 0 radical (unpaired) electrons. The summed E-state index contributed by atoms with van der Waals surface area (Å²) < 4.78 is 2.05. The quantitative estimate of drug-likeness (QED) is 0.701. The van der Waals surface area contributed by atoms with Gasteiger partial charge in [-0.15, -0.1) is 0 Å². The third kappa shape index (κ3) is 3.30. The van der Waals surface area contributed by atoms with Crippen molar-refractivity contribution in [2.45, 2.75) is 27.2 Å². The highest BCUT2D eigenvalue weighted by Gasteiger charge is 1.98. The lowest BCUT2D eigenvalue weighted by Crippen LogP contribution is -1.97. The van der Waals surface area contributed by atoms with Crippen molar-refractivity contribution >= 4 is 12.6 Å². The number of imidazole rings is 1. The van der Waals surface area contributed by atoms with Crippen molar-refractivity contribution in [1.82, 2.24) is 9.55 Å². The summed E-state index contributed by atoms with van der Waals surface area (Å²) >= 11 is 4.14. The number of hydrogen-bond acceptors (Lipinski definition) is 2. The fraction of sp³-hybridized carbons (Fsp3) is 0.667. The van der Waals surface area contributed by atoms with Gasteiger partial charge in [0.1, 0.15) is 5.82 Å². The first kappa shape index (κ1) is 11.6. The monoisotopic (exact) mass is 186 g/mol. The van der Waals surface area contributed by atoms with Gasteiger partial charge in [0.25, 0.3) is 0 Å². The fourth-order valence-corrected chi connectivity index (χ4v) is 1.20. The lowest BCUT2D eigenvalue weighted by molar-refractivity contribution is 0.812. The molecule has 0 aliphatic carbocycles. The van der Waals surface area contributed by atoms with Gasteiger partial charge >= 0.3 is 0 Å². The first-order valence-corrected chi connectivity index (χ1v) is 4.97. The third-order valence-corrected chi connectivity index (χ3v) is 1.65. The Balaban J connectivity index is 0.000000561. The maximum atomic E-state index is 4.31. The van der Waals surface area contributed by atoms with Gasteiger partial charge in [-0.3, -0.25) is 0 Å². The minimum absolute atomic E-state index is 0.865. The molecule has 0 spiro atoms. The van der Waals surface area contributed by atoms with Crippen LogP contribution < -0.4 is 0 Å². The molecule has 0 fully saturated rings. The molecule has 1 aromatic heterocycles. The van der Waals surface area contributed by atoms with Crippen molar-refractivity contribution in [3.05, 3.63) is 17.7 Å². The van der Waals surface area contributed by atoms with E-state index in [1.165, 1.54) is 0 Å². The molecule has 70 valence electrons. The molecule has 0 saturated heterocycles. The molecule has 0 aliphatic rings. The molecule has 0 N–H and O–H groups in total. The maximum Gasteiger partial charge on any atom is 0.109 e. The van der Waals surface area contributed by atoms with E-state index < -0.39 is 0 Å². The second-order valence-corrected chi connectivity index (χ2v) is 2.83. The van der Waals surface area contributed by atoms with Gasteiger partial charge in [0.05, 0.1) is 5.69 Å². The van der Waals surface area contributed by atoms with Crippen LogP contribution in [0.4, 0.5) is 0 Å². The number of nitrogens with zero attached hydrogens (tertiary/aromatic N) is 2. The van der Waals surface area contributed by atoms with E-state index in [4.69, 9.17) is 0 Å². The zero-order valence-corrected chi connectivity index (χ0v) is 9.23.